The minimum absolute atomic E-state index is 0.0118. The molecule has 1 amide bonds. The van der Waals surface area contributed by atoms with Crippen molar-refractivity contribution >= 4 is 17.7 Å². The number of rotatable bonds is 10. The smallest absolute Gasteiger partial charge is 0.308 e. The highest BCUT2D eigenvalue weighted by atomic mass is 16.5. The second kappa shape index (κ2) is 12.6. The largest absolute Gasteiger partial charge is 0.490 e. The van der Waals surface area contributed by atoms with Gasteiger partial charge in [-0.15, -0.1) is 0 Å². The van der Waals surface area contributed by atoms with Crippen LogP contribution in [0.5, 0.6) is 5.75 Å². The van der Waals surface area contributed by atoms with Crippen molar-refractivity contribution in [3.8, 4) is 5.75 Å². The van der Waals surface area contributed by atoms with Crippen molar-refractivity contribution in [1.82, 2.24) is 5.32 Å². The minimum atomic E-state index is -0.0950. The van der Waals surface area contributed by atoms with E-state index in [9.17, 15) is 14.4 Å². The molecule has 2 saturated carbocycles. The first kappa shape index (κ1) is 24.3. The molecule has 0 aromatic heterocycles. The van der Waals surface area contributed by atoms with Crippen LogP contribution in [-0.2, 0) is 14.3 Å². The maximum absolute atomic E-state index is 12.4. The Bertz CT molecular complexity index is 746. The van der Waals surface area contributed by atoms with Crippen LogP contribution in [0.2, 0.25) is 0 Å². The molecule has 32 heavy (non-hydrogen) atoms. The summed E-state index contributed by atoms with van der Waals surface area (Å²) in [6, 6.07) is 7.30. The van der Waals surface area contributed by atoms with Crippen molar-refractivity contribution in [3.05, 3.63) is 29.8 Å². The number of carbonyl (C=O) groups excluding carboxylic acids is 3. The molecular formula is C26H37NO5. The highest BCUT2D eigenvalue weighted by Crippen LogP contribution is 2.29. The molecule has 0 heterocycles. The molecule has 0 aliphatic heterocycles. The molecule has 1 N–H and O–H groups in total. The highest BCUT2D eigenvalue weighted by Gasteiger charge is 2.28. The third-order valence-electron chi connectivity index (χ3n) is 6.63. The van der Waals surface area contributed by atoms with Crippen LogP contribution in [0.25, 0.3) is 0 Å². The summed E-state index contributed by atoms with van der Waals surface area (Å²) in [6.07, 6.45) is 9.91. The minimum Gasteiger partial charge on any atom is -0.490 e. The lowest BCUT2D eigenvalue weighted by molar-refractivity contribution is -0.149. The SMILES string of the molecule is CCOC(=O)C1CCC(Oc2ccc(C(=O)CCCNC(=O)C3CCCCC3)cc2)CC1. The van der Waals surface area contributed by atoms with Crippen molar-refractivity contribution in [3.63, 3.8) is 0 Å². The molecule has 2 aliphatic carbocycles. The molecule has 1 aromatic rings. The zero-order valence-electron chi connectivity index (χ0n) is 19.3. The zero-order chi connectivity index (χ0) is 22.8. The monoisotopic (exact) mass is 443 g/mol. The molecule has 3 rings (SSSR count). The number of benzene rings is 1. The predicted octanol–water partition coefficient (Wildman–Crippen LogP) is 4.85. The zero-order valence-corrected chi connectivity index (χ0v) is 19.3. The van der Waals surface area contributed by atoms with Crippen LogP contribution in [0.3, 0.4) is 0 Å². The summed E-state index contributed by atoms with van der Waals surface area (Å²) in [5, 5.41) is 2.99. The molecule has 0 unspecified atom stereocenters. The molecule has 0 spiro atoms. The Hall–Kier alpha value is -2.37. The van der Waals surface area contributed by atoms with E-state index < -0.39 is 0 Å². The van der Waals surface area contributed by atoms with Crippen LogP contribution in [0.4, 0.5) is 0 Å². The van der Waals surface area contributed by atoms with E-state index in [1.54, 1.807) is 0 Å². The van der Waals surface area contributed by atoms with E-state index >= 15 is 0 Å². The van der Waals surface area contributed by atoms with Gasteiger partial charge in [0.25, 0.3) is 0 Å². The van der Waals surface area contributed by atoms with Crippen molar-refractivity contribution in [2.75, 3.05) is 13.2 Å². The molecule has 0 radical (unpaired) electrons. The van der Waals surface area contributed by atoms with E-state index in [2.05, 4.69) is 5.32 Å². The fourth-order valence-corrected chi connectivity index (χ4v) is 4.70. The van der Waals surface area contributed by atoms with Crippen LogP contribution >= 0.6 is 0 Å². The fourth-order valence-electron chi connectivity index (χ4n) is 4.70. The van der Waals surface area contributed by atoms with Crippen LogP contribution in [0.1, 0.15) is 87.9 Å². The van der Waals surface area contributed by atoms with Gasteiger partial charge in [-0.05, 0) is 76.1 Å². The number of carbonyl (C=O) groups is 3. The second-order valence-corrected chi connectivity index (χ2v) is 9.02. The van der Waals surface area contributed by atoms with Crippen LogP contribution in [0.15, 0.2) is 24.3 Å². The van der Waals surface area contributed by atoms with E-state index in [4.69, 9.17) is 9.47 Å². The van der Waals surface area contributed by atoms with Crippen molar-refractivity contribution < 1.29 is 23.9 Å². The van der Waals surface area contributed by atoms with Gasteiger partial charge >= 0.3 is 5.97 Å². The number of Topliss-reactive ketones (excluding diaryl/α,β-unsaturated/α-hetero) is 1. The summed E-state index contributed by atoms with van der Waals surface area (Å²) in [6.45, 7) is 2.81. The molecular weight excluding hydrogens is 406 g/mol. The number of hydrogen-bond acceptors (Lipinski definition) is 5. The Kier molecular flexibility index (Phi) is 9.57. The molecule has 6 heteroatoms. The van der Waals surface area contributed by atoms with Crippen molar-refractivity contribution in [2.24, 2.45) is 11.8 Å². The maximum atomic E-state index is 12.4. The molecule has 0 saturated heterocycles. The van der Waals surface area contributed by atoms with Gasteiger partial charge < -0.3 is 14.8 Å². The normalized spacial score (nSPS) is 21.5. The quantitative estimate of drug-likeness (QED) is 0.318. The average molecular weight is 444 g/mol. The number of ketones is 1. The van der Waals surface area contributed by atoms with E-state index in [0.717, 1.165) is 57.1 Å². The summed E-state index contributed by atoms with van der Waals surface area (Å²) >= 11 is 0. The first-order valence-electron chi connectivity index (χ1n) is 12.3. The maximum Gasteiger partial charge on any atom is 0.308 e. The first-order chi connectivity index (χ1) is 15.6. The number of ether oxygens (including phenoxy) is 2. The number of hydrogen-bond donors (Lipinski definition) is 1. The molecule has 0 bridgehead atoms. The lowest BCUT2D eigenvalue weighted by atomic mass is 9.87. The Morgan fingerprint density at radius 2 is 1.59 bits per heavy atom. The van der Waals surface area contributed by atoms with Crippen molar-refractivity contribution in [1.29, 1.82) is 0 Å². The fraction of sp³-hybridized carbons (Fsp3) is 0.654. The lowest BCUT2D eigenvalue weighted by Crippen LogP contribution is -2.32. The Balaban J connectivity index is 1.34. The van der Waals surface area contributed by atoms with E-state index in [0.29, 0.717) is 31.6 Å². The molecule has 176 valence electrons. The number of nitrogens with one attached hydrogen (secondary N) is 1. The summed E-state index contributed by atoms with van der Waals surface area (Å²) < 4.78 is 11.2. The predicted molar refractivity (Wildman–Crippen MR) is 123 cm³/mol. The molecule has 6 nitrogen and oxygen atoms in total. The summed E-state index contributed by atoms with van der Waals surface area (Å²) in [5.41, 5.74) is 0.668. The third kappa shape index (κ3) is 7.35. The number of amides is 1. The lowest BCUT2D eigenvalue weighted by Gasteiger charge is -2.27. The van der Waals surface area contributed by atoms with Crippen LogP contribution in [-0.4, -0.2) is 36.9 Å². The highest BCUT2D eigenvalue weighted by molar-refractivity contribution is 5.96. The first-order valence-corrected chi connectivity index (χ1v) is 12.3. The topological polar surface area (TPSA) is 81.7 Å². The van der Waals surface area contributed by atoms with Gasteiger partial charge in [-0.2, -0.15) is 0 Å². The van der Waals surface area contributed by atoms with Gasteiger partial charge in [-0.1, -0.05) is 19.3 Å². The standard InChI is InChI=1S/C26H37NO5/c1-2-31-26(30)21-12-16-23(17-13-21)32-22-14-10-19(11-15-22)24(28)9-6-18-27-25(29)20-7-4-3-5-8-20/h10-11,14-15,20-21,23H,2-9,12-13,16-18H2,1H3,(H,27,29). The second-order valence-electron chi connectivity index (χ2n) is 9.02. The van der Waals surface area contributed by atoms with Gasteiger partial charge in [-0.25, -0.2) is 0 Å². The molecule has 1 aromatic carbocycles. The van der Waals surface area contributed by atoms with E-state index in [1.807, 2.05) is 31.2 Å². The summed E-state index contributed by atoms with van der Waals surface area (Å²) in [5.74, 6) is 1.03. The molecule has 2 aliphatic rings. The Morgan fingerprint density at radius 3 is 2.25 bits per heavy atom. The average Bonchev–Trinajstić information content (AvgIpc) is 2.83. The summed E-state index contributed by atoms with van der Waals surface area (Å²) in [7, 11) is 0. The van der Waals surface area contributed by atoms with Crippen LogP contribution in [0, 0.1) is 11.8 Å². The van der Waals surface area contributed by atoms with E-state index in [-0.39, 0.29) is 35.6 Å². The van der Waals surface area contributed by atoms with Gasteiger partial charge in [0.2, 0.25) is 5.91 Å². The van der Waals surface area contributed by atoms with Crippen molar-refractivity contribution in [2.45, 2.75) is 83.7 Å². The third-order valence-corrected chi connectivity index (χ3v) is 6.63. The van der Waals surface area contributed by atoms with Gasteiger partial charge in [0.05, 0.1) is 18.6 Å². The van der Waals surface area contributed by atoms with Crippen LogP contribution < -0.4 is 10.1 Å². The van der Waals surface area contributed by atoms with E-state index in [1.165, 1.54) is 6.42 Å². The van der Waals surface area contributed by atoms with Gasteiger partial charge in [0, 0.05) is 24.4 Å². The van der Waals surface area contributed by atoms with Gasteiger partial charge in [0.15, 0.2) is 5.78 Å². The van der Waals surface area contributed by atoms with Gasteiger partial charge in [-0.3, -0.25) is 14.4 Å². The molecule has 0 atom stereocenters. The molecule has 2 fully saturated rings. The Labute approximate surface area is 191 Å². The Morgan fingerprint density at radius 1 is 0.906 bits per heavy atom. The van der Waals surface area contributed by atoms with Gasteiger partial charge in [0.1, 0.15) is 5.75 Å². The number of esters is 1. The summed E-state index contributed by atoms with van der Waals surface area (Å²) in [4.78, 5) is 36.5.